The van der Waals surface area contributed by atoms with Crippen molar-refractivity contribution < 1.29 is 9.66 Å². The molecule has 104 valence electrons. The standard InChI is InChI=1S/C12H16BrN3O3/c1-2-19-11-6-9(14)12(11)15-10-4-3-7(16(17)18)5-8(10)13/h3-5,9,11-12,15H,2,6,14H2,1H3. The average molecular weight is 330 g/mol. The molecule has 1 aliphatic rings. The third kappa shape index (κ3) is 3.05. The zero-order valence-corrected chi connectivity index (χ0v) is 12.1. The normalized spacial score (nSPS) is 25.7. The molecule has 19 heavy (non-hydrogen) atoms. The highest BCUT2D eigenvalue weighted by Crippen LogP contribution is 2.32. The van der Waals surface area contributed by atoms with Crippen molar-refractivity contribution in [1.29, 1.82) is 0 Å². The highest BCUT2D eigenvalue weighted by molar-refractivity contribution is 9.10. The summed E-state index contributed by atoms with van der Waals surface area (Å²) in [6.07, 6.45) is 0.929. The van der Waals surface area contributed by atoms with E-state index in [1.54, 1.807) is 6.07 Å². The summed E-state index contributed by atoms with van der Waals surface area (Å²) in [5, 5.41) is 13.9. The quantitative estimate of drug-likeness (QED) is 0.638. The molecule has 1 fully saturated rings. The lowest BCUT2D eigenvalue weighted by atomic mass is 9.83. The van der Waals surface area contributed by atoms with E-state index in [9.17, 15) is 10.1 Å². The zero-order valence-electron chi connectivity index (χ0n) is 10.5. The molecule has 0 radical (unpaired) electrons. The van der Waals surface area contributed by atoms with Gasteiger partial charge in [-0.25, -0.2) is 0 Å². The Hall–Kier alpha value is -1.18. The number of halogens is 1. The number of benzene rings is 1. The summed E-state index contributed by atoms with van der Waals surface area (Å²) in [7, 11) is 0. The molecule has 1 aromatic carbocycles. The van der Waals surface area contributed by atoms with Crippen molar-refractivity contribution in [3.8, 4) is 0 Å². The molecule has 0 heterocycles. The maximum absolute atomic E-state index is 10.7. The van der Waals surface area contributed by atoms with Gasteiger partial charge in [-0.05, 0) is 35.3 Å². The molecular formula is C12H16BrN3O3. The van der Waals surface area contributed by atoms with Crippen LogP contribution < -0.4 is 11.1 Å². The van der Waals surface area contributed by atoms with Gasteiger partial charge in [-0.15, -0.1) is 0 Å². The largest absolute Gasteiger partial charge is 0.377 e. The molecule has 0 aromatic heterocycles. The van der Waals surface area contributed by atoms with Crippen LogP contribution in [0, 0.1) is 10.1 Å². The predicted molar refractivity (Wildman–Crippen MR) is 76.2 cm³/mol. The number of nitro groups is 1. The second-order valence-electron chi connectivity index (χ2n) is 4.48. The van der Waals surface area contributed by atoms with Crippen molar-refractivity contribution in [2.24, 2.45) is 5.73 Å². The van der Waals surface area contributed by atoms with E-state index in [2.05, 4.69) is 21.2 Å². The van der Waals surface area contributed by atoms with E-state index in [-0.39, 0.29) is 23.9 Å². The Bertz CT molecular complexity index is 481. The summed E-state index contributed by atoms with van der Waals surface area (Å²) in [6, 6.07) is 4.70. The molecule has 1 aromatic rings. The fourth-order valence-electron chi connectivity index (χ4n) is 2.14. The van der Waals surface area contributed by atoms with E-state index in [1.807, 2.05) is 6.92 Å². The maximum Gasteiger partial charge on any atom is 0.270 e. The van der Waals surface area contributed by atoms with Crippen molar-refractivity contribution >= 4 is 27.3 Å². The zero-order chi connectivity index (χ0) is 14.0. The van der Waals surface area contributed by atoms with E-state index in [1.165, 1.54) is 12.1 Å². The third-order valence-electron chi connectivity index (χ3n) is 3.23. The molecule has 0 saturated heterocycles. The minimum absolute atomic E-state index is 0.0395. The second-order valence-corrected chi connectivity index (χ2v) is 5.34. The highest BCUT2D eigenvalue weighted by Gasteiger charge is 2.39. The first kappa shape index (κ1) is 14.2. The first-order valence-electron chi connectivity index (χ1n) is 6.10. The Morgan fingerprint density at radius 1 is 1.63 bits per heavy atom. The Morgan fingerprint density at radius 3 is 2.89 bits per heavy atom. The monoisotopic (exact) mass is 329 g/mol. The number of ether oxygens (including phenoxy) is 1. The van der Waals surface area contributed by atoms with E-state index >= 15 is 0 Å². The van der Waals surface area contributed by atoms with Crippen molar-refractivity contribution in [3.05, 3.63) is 32.8 Å². The van der Waals surface area contributed by atoms with Crippen molar-refractivity contribution in [2.45, 2.75) is 31.5 Å². The van der Waals surface area contributed by atoms with Crippen molar-refractivity contribution in [2.75, 3.05) is 11.9 Å². The van der Waals surface area contributed by atoms with Gasteiger partial charge in [0.2, 0.25) is 0 Å². The van der Waals surface area contributed by atoms with Gasteiger partial charge >= 0.3 is 0 Å². The van der Waals surface area contributed by atoms with Crippen LogP contribution in [0.5, 0.6) is 0 Å². The second kappa shape index (κ2) is 5.85. The molecule has 1 aliphatic carbocycles. The summed E-state index contributed by atoms with van der Waals surface area (Å²) >= 11 is 3.33. The maximum atomic E-state index is 10.7. The van der Waals surface area contributed by atoms with Crippen LogP contribution in [0.1, 0.15) is 13.3 Å². The Balaban J connectivity index is 2.08. The van der Waals surface area contributed by atoms with Crippen molar-refractivity contribution in [1.82, 2.24) is 0 Å². The van der Waals surface area contributed by atoms with Gasteiger partial charge in [0, 0.05) is 34.9 Å². The average Bonchev–Trinajstić information content (AvgIpc) is 2.36. The molecule has 0 bridgehead atoms. The summed E-state index contributed by atoms with van der Waals surface area (Å²) in [5.74, 6) is 0. The van der Waals surface area contributed by atoms with Crippen LogP contribution in [0.3, 0.4) is 0 Å². The molecule has 0 amide bonds. The summed E-state index contributed by atoms with van der Waals surface area (Å²) < 4.78 is 6.22. The van der Waals surface area contributed by atoms with Gasteiger partial charge in [0.15, 0.2) is 0 Å². The van der Waals surface area contributed by atoms with Crippen LogP contribution in [-0.4, -0.2) is 29.7 Å². The van der Waals surface area contributed by atoms with E-state index in [0.717, 1.165) is 12.1 Å². The topological polar surface area (TPSA) is 90.4 Å². The summed E-state index contributed by atoms with van der Waals surface area (Å²) in [6.45, 7) is 2.60. The lowest BCUT2D eigenvalue weighted by Gasteiger charge is -2.43. The number of anilines is 1. The smallest absolute Gasteiger partial charge is 0.270 e. The van der Waals surface area contributed by atoms with Crippen LogP contribution >= 0.6 is 15.9 Å². The van der Waals surface area contributed by atoms with Crippen LogP contribution in [-0.2, 0) is 4.74 Å². The number of non-ortho nitro benzene ring substituents is 1. The summed E-state index contributed by atoms with van der Waals surface area (Å²) in [4.78, 5) is 10.2. The first-order valence-corrected chi connectivity index (χ1v) is 6.90. The van der Waals surface area contributed by atoms with Crippen LogP contribution in [0.15, 0.2) is 22.7 Å². The van der Waals surface area contributed by atoms with Crippen LogP contribution in [0.4, 0.5) is 11.4 Å². The number of hydrogen-bond donors (Lipinski definition) is 2. The predicted octanol–water partition coefficient (Wildman–Crippen LogP) is 2.27. The van der Waals surface area contributed by atoms with E-state index < -0.39 is 4.92 Å². The molecule has 0 aliphatic heterocycles. The SMILES string of the molecule is CCOC1CC(N)C1Nc1ccc([N+](=O)[O-])cc1Br. The van der Waals surface area contributed by atoms with Gasteiger partial charge in [0.25, 0.3) is 5.69 Å². The molecule has 6 nitrogen and oxygen atoms in total. The Morgan fingerprint density at radius 2 is 2.37 bits per heavy atom. The van der Waals surface area contributed by atoms with Crippen molar-refractivity contribution in [3.63, 3.8) is 0 Å². The number of nitrogens with one attached hydrogen (secondary N) is 1. The van der Waals surface area contributed by atoms with Crippen LogP contribution in [0.2, 0.25) is 0 Å². The van der Waals surface area contributed by atoms with E-state index in [4.69, 9.17) is 10.5 Å². The Labute approximate surface area is 119 Å². The fourth-order valence-corrected chi connectivity index (χ4v) is 2.62. The first-order chi connectivity index (χ1) is 9.02. The Kier molecular flexibility index (Phi) is 4.38. The molecule has 3 atom stereocenters. The number of nitro benzene ring substituents is 1. The van der Waals surface area contributed by atoms with Gasteiger partial charge in [-0.3, -0.25) is 10.1 Å². The number of nitrogens with two attached hydrogens (primary N) is 1. The number of nitrogens with zero attached hydrogens (tertiary/aromatic N) is 1. The molecule has 3 unspecified atom stereocenters. The molecule has 2 rings (SSSR count). The minimum Gasteiger partial charge on any atom is -0.377 e. The minimum atomic E-state index is -0.424. The van der Waals surface area contributed by atoms with Gasteiger partial charge in [0.05, 0.1) is 17.1 Å². The van der Waals surface area contributed by atoms with E-state index in [0.29, 0.717) is 11.1 Å². The third-order valence-corrected chi connectivity index (χ3v) is 3.89. The molecule has 1 saturated carbocycles. The number of hydrogen-bond acceptors (Lipinski definition) is 5. The van der Waals surface area contributed by atoms with Gasteiger partial charge in [-0.1, -0.05) is 0 Å². The molecule has 3 N–H and O–H groups in total. The van der Waals surface area contributed by atoms with Gasteiger partial charge < -0.3 is 15.8 Å². The summed E-state index contributed by atoms with van der Waals surface area (Å²) in [5.41, 5.74) is 6.79. The molecule has 0 spiro atoms. The molecular weight excluding hydrogens is 314 g/mol. The lowest BCUT2D eigenvalue weighted by molar-refractivity contribution is -0.384. The van der Waals surface area contributed by atoms with Gasteiger partial charge in [0.1, 0.15) is 0 Å². The number of rotatable bonds is 5. The lowest BCUT2D eigenvalue weighted by Crippen LogP contribution is -2.60. The van der Waals surface area contributed by atoms with Gasteiger partial charge in [-0.2, -0.15) is 0 Å². The van der Waals surface area contributed by atoms with Crippen LogP contribution in [0.25, 0.3) is 0 Å². The molecule has 7 heteroatoms. The highest BCUT2D eigenvalue weighted by atomic mass is 79.9. The fraction of sp³-hybridized carbons (Fsp3) is 0.500.